The van der Waals surface area contributed by atoms with Crippen LogP contribution >= 0.6 is 12.6 Å². The fraction of sp³-hybridized carbons (Fsp3) is 0.0526. The molecule has 0 saturated heterocycles. The third-order valence-electron chi connectivity index (χ3n) is 4.14. The Morgan fingerprint density at radius 1 is 0.960 bits per heavy atom. The zero-order valence-corrected chi connectivity index (χ0v) is 14.1. The molecule has 0 radical (unpaired) electrons. The Bertz CT molecular complexity index is 1070. The maximum atomic E-state index is 10.4. The molecule has 0 saturated carbocycles. The van der Waals surface area contributed by atoms with Crippen LogP contribution in [0.25, 0.3) is 27.8 Å². The van der Waals surface area contributed by atoms with Crippen LogP contribution in [0.4, 0.5) is 0 Å². The summed E-state index contributed by atoms with van der Waals surface area (Å²) in [4.78, 5) is 0. The van der Waals surface area contributed by atoms with Gasteiger partial charge in [0.15, 0.2) is 11.0 Å². The van der Waals surface area contributed by atoms with E-state index in [-0.39, 0.29) is 12.4 Å². The van der Waals surface area contributed by atoms with Crippen molar-refractivity contribution in [3.05, 3.63) is 66.2 Å². The Balaban J connectivity index is 1.97. The van der Waals surface area contributed by atoms with Crippen molar-refractivity contribution in [2.45, 2.75) is 11.8 Å². The van der Waals surface area contributed by atoms with E-state index in [1.54, 1.807) is 16.7 Å². The van der Waals surface area contributed by atoms with E-state index in [9.17, 15) is 10.2 Å². The van der Waals surface area contributed by atoms with Crippen LogP contribution in [0, 0.1) is 0 Å². The van der Waals surface area contributed by atoms with Crippen molar-refractivity contribution < 1.29 is 10.2 Å². The van der Waals surface area contributed by atoms with Gasteiger partial charge in [-0.15, -0.1) is 22.8 Å². The highest BCUT2D eigenvalue weighted by molar-refractivity contribution is 7.80. The number of nitrogens with zero attached hydrogens (tertiary/aromatic N) is 3. The topological polar surface area (TPSA) is 71.2 Å². The van der Waals surface area contributed by atoms with Crippen molar-refractivity contribution in [2.75, 3.05) is 0 Å². The van der Waals surface area contributed by atoms with Crippen LogP contribution in [0.1, 0.15) is 5.56 Å². The average molecular weight is 349 g/mol. The Hall–Kier alpha value is -2.83. The van der Waals surface area contributed by atoms with Crippen LogP contribution in [-0.2, 0) is 6.61 Å². The monoisotopic (exact) mass is 349 g/mol. The molecule has 0 fully saturated rings. The van der Waals surface area contributed by atoms with Crippen LogP contribution < -0.4 is 0 Å². The molecular formula is C19H15N3O2S. The van der Waals surface area contributed by atoms with E-state index in [0.717, 1.165) is 16.5 Å². The van der Waals surface area contributed by atoms with Gasteiger partial charge in [-0.3, -0.25) is 4.57 Å². The SMILES string of the molecule is OCc1ccc(-c2nnc(S)n2-c2cccc3ccccc23)c(O)c1. The van der Waals surface area contributed by atoms with Crippen LogP contribution in [-0.4, -0.2) is 25.0 Å². The lowest BCUT2D eigenvalue weighted by Crippen LogP contribution is -2.00. The van der Waals surface area contributed by atoms with Gasteiger partial charge in [0.05, 0.1) is 17.9 Å². The second kappa shape index (κ2) is 6.23. The van der Waals surface area contributed by atoms with Gasteiger partial charge in [0, 0.05) is 5.39 Å². The molecule has 0 aliphatic rings. The van der Waals surface area contributed by atoms with Crippen molar-refractivity contribution in [3.63, 3.8) is 0 Å². The number of aliphatic hydroxyl groups is 1. The molecule has 6 heteroatoms. The lowest BCUT2D eigenvalue weighted by molar-refractivity contribution is 0.281. The molecule has 124 valence electrons. The molecule has 0 bridgehead atoms. The number of hydrogen-bond acceptors (Lipinski definition) is 5. The summed E-state index contributed by atoms with van der Waals surface area (Å²) in [6.07, 6.45) is 0. The van der Waals surface area contributed by atoms with Gasteiger partial charge in [-0.25, -0.2) is 0 Å². The van der Waals surface area contributed by atoms with E-state index in [4.69, 9.17) is 0 Å². The Morgan fingerprint density at radius 3 is 2.56 bits per heavy atom. The third-order valence-corrected chi connectivity index (χ3v) is 4.43. The fourth-order valence-corrected chi connectivity index (χ4v) is 3.19. The van der Waals surface area contributed by atoms with Crippen LogP contribution in [0.3, 0.4) is 0 Å². The van der Waals surface area contributed by atoms with Crippen molar-refractivity contribution in [1.82, 2.24) is 14.8 Å². The predicted molar refractivity (Wildman–Crippen MR) is 99.1 cm³/mol. The fourth-order valence-electron chi connectivity index (χ4n) is 2.94. The van der Waals surface area contributed by atoms with Crippen LogP contribution in [0.5, 0.6) is 5.75 Å². The Morgan fingerprint density at radius 2 is 1.76 bits per heavy atom. The first-order valence-corrected chi connectivity index (χ1v) is 8.19. The highest BCUT2D eigenvalue weighted by Crippen LogP contribution is 2.33. The first-order chi connectivity index (χ1) is 12.2. The number of phenols is 1. The number of aliphatic hydroxyl groups excluding tert-OH is 1. The molecular weight excluding hydrogens is 334 g/mol. The summed E-state index contributed by atoms with van der Waals surface area (Å²) < 4.78 is 1.80. The Kier molecular flexibility index (Phi) is 3.91. The average Bonchev–Trinajstić information content (AvgIpc) is 3.02. The zero-order chi connectivity index (χ0) is 17.4. The van der Waals surface area contributed by atoms with E-state index >= 15 is 0 Å². The predicted octanol–water partition coefficient (Wildman–Crippen LogP) is 3.57. The molecule has 0 amide bonds. The molecule has 2 N–H and O–H groups in total. The maximum absolute atomic E-state index is 10.4. The largest absolute Gasteiger partial charge is 0.507 e. The molecule has 4 rings (SSSR count). The standard InChI is InChI=1S/C19H15N3O2S/c23-11-12-8-9-15(17(24)10-12)18-20-21-19(25)22(18)16-7-3-5-13-4-1-2-6-14(13)16/h1-10,23-24H,11H2,(H,21,25). The number of fused-ring (bicyclic) bond motifs is 1. The van der Waals surface area contributed by atoms with Gasteiger partial charge in [0.1, 0.15) is 5.75 Å². The quantitative estimate of drug-likeness (QED) is 0.495. The molecule has 0 unspecified atom stereocenters. The molecule has 1 aromatic heterocycles. The Labute approximate surface area is 149 Å². The third kappa shape index (κ3) is 2.65. The minimum absolute atomic E-state index is 0.0359. The summed E-state index contributed by atoms with van der Waals surface area (Å²) >= 11 is 4.45. The minimum atomic E-state index is -0.137. The molecule has 0 aliphatic carbocycles. The van der Waals surface area contributed by atoms with Crippen LogP contribution in [0.15, 0.2) is 65.8 Å². The number of aromatic hydroxyl groups is 1. The van der Waals surface area contributed by atoms with E-state index < -0.39 is 0 Å². The summed E-state index contributed by atoms with van der Waals surface area (Å²) in [5.41, 5.74) is 2.04. The van der Waals surface area contributed by atoms with E-state index in [1.165, 1.54) is 6.07 Å². The zero-order valence-electron chi connectivity index (χ0n) is 13.2. The van der Waals surface area contributed by atoms with Gasteiger partial charge in [0.25, 0.3) is 0 Å². The van der Waals surface area contributed by atoms with Crippen molar-refractivity contribution >= 4 is 23.4 Å². The lowest BCUT2D eigenvalue weighted by atomic mass is 10.1. The second-order valence-electron chi connectivity index (χ2n) is 5.67. The van der Waals surface area contributed by atoms with E-state index in [1.807, 2.05) is 42.5 Å². The number of aromatic nitrogens is 3. The number of benzene rings is 3. The molecule has 0 aliphatic heterocycles. The highest BCUT2D eigenvalue weighted by atomic mass is 32.1. The van der Waals surface area contributed by atoms with Gasteiger partial charge in [-0.1, -0.05) is 42.5 Å². The van der Waals surface area contributed by atoms with Gasteiger partial charge in [-0.2, -0.15) is 0 Å². The van der Waals surface area contributed by atoms with Gasteiger partial charge < -0.3 is 10.2 Å². The summed E-state index contributed by atoms with van der Waals surface area (Å²) in [5.74, 6) is 0.525. The lowest BCUT2D eigenvalue weighted by Gasteiger charge is -2.12. The number of phenolic OH excluding ortho intramolecular Hbond substituents is 1. The number of thiol groups is 1. The molecule has 25 heavy (non-hydrogen) atoms. The normalized spacial score (nSPS) is 11.1. The first kappa shape index (κ1) is 15.7. The number of hydrogen-bond donors (Lipinski definition) is 3. The van der Waals surface area contributed by atoms with E-state index in [0.29, 0.717) is 22.1 Å². The molecule has 0 spiro atoms. The maximum Gasteiger partial charge on any atom is 0.193 e. The first-order valence-electron chi connectivity index (χ1n) is 7.74. The number of rotatable bonds is 3. The van der Waals surface area contributed by atoms with E-state index in [2.05, 4.69) is 22.8 Å². The second-order valence-corrected chi connectivity index (χ2v) is 6.07. The minimum Gasteiger partial charge on any atom is -0.507 e. The van der Waals surface area contributed by atoms with Crippen molar-refractivity contribution in [3.8, 4) is 22.8 Å². The summed E-state index contributed by atoms with van der Waals surface area (Å²) in [5, 5.41) is 30.4. The summed E-state index contributed by atoms with van der Waals surface area (Å²) in [7, 11) is 0. The molecule has 4 aromatic rings. The smallest absolute Gasteiger partial charge is 0.193 e. The molecule has 5 nitrogen and oxygen atoms in total. The summed E-state index contributed by atoms with van der Waals surface area (Å²) in [6, 6.07) is 19.0. The van der Waals surface area contributed by atoms with Crippen molar-refractivity contribution in [2.24, 2.45) is 0 Å². The van der Waals surface area contributed by atoms with Gasteiger partial charge in [-0.05, 0) is 29.1 Å². The molecule has 1 heterocycles. The van der Waals surface area contributed by atoms with Gasteiger partial charge >= 0.3 is 0 Å². The van der Waals surface area contributed by atoms with Crippen molar-refractivity contribution in [1.29, 1.82) is 0 Å². The van der Waals surface area contributed by atoms with Gasteiger partial charge in [0.2, 0.25) is 0 Å². The van der Waals surface area contributed by atoms with Crippen LogP contribution in [0.2, 0.25) is 0 Å². The molecule has 0 atom stereocenters. The highest BCUT2D eigenvalue weighted by Gasteiger charge is 2.18. The molecule has 3 aromatic carbocycles. The summed E-state index contributed by atoms with van der Waals surface area (Å²) in [6.45, 7) is -0.137.